The van der Waals surface area contributed by atoms with E-state index in [1.165, 1.54) is 19.2 Å². The number of hydrogen-bond donors (Lipinski definition) is 3. The second kappa shape index (κ2) is 8.04. The summed E-state index contributed by atoms with van der Waals surface area (Å²) in [5.74, 6) is -0.387. The normalized spacial score (nSPS) is 12.7. The van der Waals surface area contributed by atoms with Crippen LogP contribution < -0.4 is 15.8 Å². The molecule has 0 aromatic heterocycles. The summed E-state index contributed by atoms with van der Waals surface area (Å²) in [6.45, 7) is 2.29. The molecule has 0 saturated heterocycles. The molecule has 0 aliphatic heterocycles. The highest BCUT2D eigenvalue weighted by Crippen LogP contribution is 2.21. The molecule has 0 radical (unpaired) electrons. The molecule has 3 amide bonds. The van der Waals surface area contributed by atoms with Gasteiger partial charge in [0.2, 0.25) is 15.9 Å². The van der Waals surface area contributed by atoms with Gasteiger partial charge in [-0.05, 0) is 31.7 Å². The van der Waals surface area contributed by atoms with Crippen molar-refractivity contribution in [3.8, 4) is 0 Å². The Balaban J connectivity index is 2.68. The molecule has 9 heteroatoms. The number of urea groups is 1. The lowest BCUT2D eigenvalue weighted by atomic mass is 10.1. The molecule has 0 spiro atoms. The van der Waals surface area contributed by atoms with E-state index in [0.717, 1.165) is 5.56 Å². The van der Waals surface area contributed by atoms with Gasteiger partial charge in [0.1, 0.15) is 0 Å². The van der Waals surface area contributed by atoms with Crippen molar-refractivity contribution in [1.29, 1.82) is 0 Å². The fraction of sp³-hybridized carbons (Fsp3) is 0.429. The third-order valence-electron chi connectivity index (χ3n) is 3.50. The van der Waals surface area contributed by atoms with Crippen molar-refractivity contribution in [2.24, 2.45) is 5.14 Å². The molecule has 0 aliphatic carbocycles. The number of rotatable bonds is 6. The first-order chi connectivity index (χ1) is 10.6. The highest BCUT2D eigenvalue weighted by molar-refractivity contribution is 7.89. The molecule has 1 atom stereocenters. The Morgan fingerprint density at radius 3 is 2.57 bits per heavy atom. The Morgan fingerprint density at radius 2 is 2.00 bits per heavy atom. The van der Waals surface area contributed by atoms with E-state index >= 15 is 0 Å². The van der Waals surface area contributed by atoms with E-state index in [9.17, 15) is 18.0 Å². The first-order valence-corrected chi connectivity index (χ1v) is 8.54. The zero-order valence-electron chi connectivity index (χ0n) is 13.4. The van der Waals surface area contributed by atoms with E-state index in [2.05, 4.69) is 10.6 Å². The molecule has 0 fully saturated rings. The third-order valence-corrected chi connectivity index (χ3v) is 4.41. The predicted molar refractivity (Wildman–Crippen MR) is 86.1 cm³/mol. The maximum absolute atomic E-state index is 11.6. The lowest BCUT2D eigenvalue weighted by molar-refractivity contribution is -0.120. The topological polar surface area (TPSA) is 122 Å². The van der Waals surface area contributed by atoms with Gasteiger partial charge in [-0.3, -0.25) is 15.0 Å². The highest BCUT2D eigenvalue weighted by atomic mass is 32.2. The van der Waals surface area contributed by atoms with Gasteiger partial charge in [0.25, 0.3) is 0 Å². The lowest BCUT2D eigenvalue weighted by Gasteiger charge is -2.25. The number of benzene rings is 1. The molecule has 23 heavy (non-hydrogen) atoms. The van der Waals surface area contributed by atoms with Crippen LogP contribution in [0.1, 0.15) is 24.9 Å². The van der Waals surface area contributed by atoms with Crippen LogP contribution in [-0.4, -0.2) is 45.9 Å². The van der Waals surface area contributed by atoms with Gasteiger partial charge < -0.3 is 5.32 Å². The monoisotopic (exact) mass is 342 g/mol. The van der Waals surface area contributed by atoms with Crippen LogP contribution >= 0.6 is 0 Å². The summed E-state index contributed by atoms with van der Waals surface area (Å²) >= 11 is 0. The Morgan fingerprint density at radius 1 is 1.35 bits per heavy atom. The maximum atomic E-state index is 11.6. The number of carbonyl (C=O) groups is 2. The summed E-state index contributed by atoms with van der Waals surface area (Å²) in [6.07, 6.45) is 0.142. The maximum Gasteiger partial charge on any atom is 0.321 e. The molecule has 1 rings (SSSR count). The summed E-state index contributed by atoms with van der Waals surface area (Å²) in [4.78, 5) is 24.5. The molecule has 1 aromatic rings. The third kappa shape index (κ3) is 5.97. The molecule has 1 aromatic carbocycles. The number of hydrogen-bond acceptors (Lipinski definition) is 5. The molecular weight excluding hydrogens is 320 g/mol. The number of nitrogens with two attached hydrogens (primary N) is 1. The van der Waals surface area contributed by atoms with Gasteiger partial charge in [0.15, 0.2) is 0 Å². The first kappa shape index (κ1) is 19.1. The van der Waals surface area contributed by atoms with E-state index in [0.29, 0.717) is 6.54 Å². The molecule has 0 bridgehead atoms. The number of amides is 3. The number of imide groups is 1. The standard InChI is InChI=1S/C14H22N4O4S/c1-10(11-5-4-6-12(9-11)23(15,21)22)18(3)8-7-13(19)17-14(20)16-2/h4-6,9-10H,7-8H2,1-3H3,(H2,15,21,22)(H2,16,17,19,20)/t10-/m0/s1. The average Bonchev–Trinajstić information content (AvgIpc) is 2.51. The zero-order valence-corrected chi connectivity index (χ0v) is 14.2. The molecule has 0 unspecified atom stereocenters. The molecule has 8 nitrogen and oxygen atoms in total. The molecule has 0 aliphatic rings. The summed E-state index contributed by atoms with van der Waals surface area (Å²) in [6, 6.07) is 5.69. The van der Waals surface area contributed by atoms with Gasteiger partial charge in [-0.2, -0.15) is 0 Å². The Labute approximate surface area is 136 Å². The second-order valence-electron chi connectivity index (χ2n) is 5.15. The minimum Gasteiger partial charge on any atom is -0.341 e. The molecule has 4 N–H and O–H groups in total. The first-order valence-electron chi connectivity index (χ1n) is 6.99. The van der Waals surface area contributed by atoms with Gasteiger partial charge in [0.05, 0.1) is 4.90 Å². The van der Waals surface area contributed by atoms with E-state index in [4.69, 9.17) is 5.14 Å². The van der Waals surface area contributed by atoms with Gasteiger partial charge in [-0.15, -0.1) is 0 Å². The van der Waals surface area contributed by atoms with E-state index in [1.54, 1.807) is 12.1 Å². The number of primary sulfonamides is 1. The molecular formula is C14H22N4O4S. The largest absolute Gasteiger partial charge is 0.341 e. The smallest absolute Gasteiger partial charge is 0.321 e. The Bertz CT molecular complexity index is 675. The fourth-order valence-electron chi connectivity index (χ4n) is 1.93. The van der Waals surface area contributed by atoms with Crippen LogP contribution in [0, 0.1) is 0 Å². The SMILES string of the molecule is CNC(=O)NC(=O)CCN(C)[C@@H](C)c1cccc(S(N)(=O)=O)c1. The lowest BCUT2D eigenvalue weighted by Crippen LogP contribution is -2.39. The summed E-state index contributed by atoms with van der Waals surface area (Å²) in [7, 11) is -0.521. The van der Waals surface area contributed by atoms with Crippen LogP contribution in [-0.2, 0) is 14.8 Å². The second-order valence-corrected chi connectivity index (χ2v) is 6.71. The van der Waals surface area contributed by atoms with Gasteiger partial charge in [0, 0.05) is 26.1 Å². The van der Waals surface area contributed by atoms with Crippen molar-refractivity contribution in [1.82, 2.24) is 15.5 Å². The van der Waals surface area contributed by atoms with E-state index in [-0.39, 0.29) is 23.3 Å². The van der Waals surface area contributed by atoms with Crippen LogP contribution in [0.3, 0.4) is 0 Å². The van der Waals surface area contributed by atoms with Crippen molar-refractivity contribution >= 4 is 22.0 Å². The molecule has 0 heterocycles. The van der Waals surface area contributed by atoms with Crippen LogP contribution in [0.25, 0.3) is 0 Å². The van der Waals surface area contributed by atoms with Crippen molar-refractivity contribution in [2.45, 2.75) is 24.3 Å². The van der Waals surface area contributed by atoms with E-state index in [1.807, 2.05) is 18.9 Å². The van der Waals surface area contributed by atoms with Crippen LogP contribution in [0.2, 0.25) is 0 Å². The Kier molecular flexibility index (Phi) is 6.67. The van der Waals surface area contributed by atoms with Crippen molar-refractivity contribution < 1.29 is 18.0 Å². The quantitative estimate of drug-likeness (QED) is 0.680. The van der Waals surface area contributed by atoms with Gasteiger partial charge >= 0.3 is 6.03 Å². The summed E-state index contributed by atoms with van der Waals surface area (Å²) in [5.41, 5.74) is 0.769. The number of carbonyl (C=O) groups excluding carboxylic acids is 2. The van der Waals surface area contributed by atoms with Crippen molar-refractivity contribution in [3.05, 3.63) is 29.8 Å². The molecule has 128 valence electrons. The van der Waals surface area contributed by atoms with Crippen LogP contribution in [0.15, 0.2) is 29.2 Å². The average molecular weight is 342 g/mol. The Hall–Kier alpha value is -1.97. The highest BCUT2D eigenvalue weighted by Gasteiger charge is 2.16. The van der Waals surface area contributed by atoms with Crippen molar-refractivity contribution in [2.75, 3.05) is 20.6 Å². The minimum absolute atomic E-state index is 0.0487. The van der Waals surface area contributed by atoms with E-state index < -0.39 is 16.1 Å². The molecule has 0 saturated carbocycles. The van der Waals surface area contributed by atoms with Crippen LogP contribution in [0.5, 0.6) is 0 Å². The van der Waals surface area contributed by atoms with Crippen molar-refractivity contribution in [3.63, 3.8) is 0 Å². The number of nitrogens with zero attached hydrogens (tertiary/aromatic N) is 1. The fourth-order valence-corrected chi connectivity index (χ4v) is 2.50. The summed E-state index contributed by atoms with van der Waals surface area (Å²) in [5, 5.41) is 9.61. The van der Waals surface area contributed by atoms with Gasteiger partial charge in [-0.1, -0.05) is 12.1 Å². The zero-order chi connectivity index (χ0) is 17.6. The van der Waals surface area contributed by atoms with Gasteiger partial charge in [-0.25, -0.2) is 18.4 Å². The number of sulfonamides is 1. The number of nitrogens with one attached hydrogen (secondary N) is 2. The summed E-state index contributed by atoms with van der Waals surface area (Å²) < 4.78 is 22.8. The van der Waals surface area contributed by atoms with Crippen LogP contribution in [0.4, 0.5) is 4.79 Å². The predicted octanol–water partition coefficient (Wildman–Crippen LogP) is 0.173. The minimum atomic E-state index is -3.75.